The third kappa shape index (κ3) is 4.06. The first-order chi connectivity index (χ1) is 9.42. The summed E-state index contributed by atoms with van der Waals surface area (Å²) < 4.78 is 4.99. The van der Waals surface area contributed by atoms with E-state index >= 15 is 0 Å². The molecule has 0 saturated heterocycles. The van der Waals surface area contributed by atoms with Gasteiger partial charge in [0.15, 0.2) is 0 Å². The van der Waals surface area contributed by atoms with Crippen LogP contribution in [0.3, 0.4) is 0 Å². The van der Waals surface area contributed by atoms with E-state index in [1.165, 1.54) is 6.92 Å². The van der Waals surface area contributed by atoms with Crippen LogP contribution >= 0.6 is 0 Å². The maximum atomic E-state index is 12.1. The number of carbonyl (C=O) groups excluding carboxylic acids is 1. The Morgan fingerprint density at radius 2 is 1.90 bits per heavy atom. The Morgan fingerprint density at radius 1 is 1.30 bits per heavy atom. The molecule has 1 aromatic carbocycles. The van der Waals surface area contributed by atoms with Gasteiger partial charge in [0, 0.05) is 12.7 Å². The molecule has 0 bridgehead atoms. The Hall–Kier alpha value is -1.88. The van der Waals surface area contributed by atoms with Crippen LogP contribution in [0.4, 0.5) is 0 Å². The quantitative estimate of drug-likeness (QED) is 0.802. The van der Waals surface area contributed by atoms with E-state index in [2.05, 4.69) is 5.32 Å². The van der Waals surface area contributed by atoms with E-state index in [1.54, 1.807) is 31.4 Å². The van der Waals surface area contributed by atoms with Crippen molar-refractivity contribution in [1.29, 1.82) is 0 Å². The molecule has 5 heteroatoms. The first kappa shape index (κ1) is 16.2. The number of methoxy groups -OCH3 is 1. The van der Waals surface area contributed by atoms with Crippen molar-refractivity contribution in [1.82, 2.24) is 5.32 Å². The standard InChI is InChI=1S/C15H21NO4/c1-4-9-15(2,14(18)19)16-13(17)12-7-5-11(6-8-12)10-20-3/h5-8H,4,9-10H2,1-3H3,(H,16,17)(H,18,19)/t15-/m1/s1. The zero-order valence-corrected chi connectivity index (χ0v) is 12.1. The number of benzene rings is 1. The first-order valence-corrected chi connectivity index (χ1v) is 6.56. The number of ether oxygens (including phenoxy) is 1. The van der Waals surface area contributed by atoms with Crippen molar-refractivity contribution < 1.29 is 19.4 Å². The average Bonchev–Trinajstić information content (AvgIpc) is 2.40. The largest absolute Gasteiger partial charge is 0.480 e. The van der Waals surface area contributed by atoms with Crippen LogP contribution in [0.5, 0.6) is 0 Å². The number of amides is 1. The van der Waals surface area contributed by atoms with Crippen LogP contribution in [0, 0.1) is 0 Å². The van der Waals surface area contributed by atoms with Crippen LogP contribution in [-0.4, -0.2) is 29.6 Å². The van der Waals surface area contributed by atoms with Crippen LogP contribution in [0.25, 0.3) is 0 Å². The van der Waals surface area contributed by atoms with Crippen molar-refractivity contribution in [3.8, 4) is 0 Å². The number of nitrogens with one attached hydrogen (secondary N) is 1. The maximum absolute atomic E-state index is 12.1. The van der Waals surface area contributed by atoms with E-state index < -0.39 is 11.5 Å². The lowest BCUT2D eigenvalue weighted by molar-refractivity contribution is -0.144. The minimum atomic E-state index is -1.24. The van der Waals surface area contributed by atoms with Gasteiger partial charge in [0.05, 0.1) is 6.61 Å². The highest BCUT2D eigenvalue weighted by Crippen LogP contribution is 2.14. The zero-order chi connectivity index (χ0) is 15.2. The summed E-state index contributed by atoms with van der Waals surface area (Å²) in [6, 6.07) is 6.91. The molecule has 0 aliphatic rings. The number of hydrogen-bond donors (Lipinski definition) is 2. The van der Waals surface area contributed by atoms with E-state index in [1.807, 2.05) is 6.92 Å². The minimum Gasteiger partial charge on any atom is -0.480 e. The van der Waals surface area contributed by atoms with Gasteiger partial charge in [-0.3, -0.25) is 4.79 Å². The van der Waals surface area contributed by atoms with Crippen molar-refractivity contribution >= 4 is 11.9 Å². The maximum Gasteiger partial charge on any atom is 0.329 e. The minimum absolute atomic E-state index is 0.382. The van der Waals surface area contributed by atoms with Crippen molar-refractivity contribution in [2.45, 2.75) is 38.8 Å². The monoisotopic (exact) mass is 279 g/mol. The molecule has 0 fully saturated rings. The molecule has 1 aromatic rings. The molecule has 110 valence electrons. The second kappa shape index (κ2) is 7.05. The molecule has 0 unspecified atom stereocenters. The van der Waals surface area contributed by atoms with Gasteiger partial charge in [0.1, 0.15) is 5.54 Å². The third-order valence-corrected chi connectivity index (χ3v) is 3.14. The number of hydrogen-bond acceptors (Lipinski definition) is 3. The van der Waals surface area contributed by atoms with Gasteiger partial charge in [0.25, 0.3) is 5.91 Å². The Kier molecular flexibility index (Phi) is 5.70. The Bertz CT molecular complexity index is 469. The van der Waals surface area contributed by atoms with Gasteiger partial charge in [0.2, 0.25) is 0 Å². The summed E-state index contributed by atoms with van der Waals surface area (Å²) in [4.78, 5) is 23.4. The van der Waals surface area contributed by atoms with Gasteiger partial charge in [-0.1, -0.05) is 25.5 Å². The van der Waals surface area contributed by atoms with Gasteiger partial charge in [-0.25, -0.2) is 4.79 Å². The highest BCUT2D eigenvalue weighted by molar-refractivity contribution is 5.97. The number of rotatable bonds is 7. The molecule has 0 saturated carbocycles. The van der Waals surface area contributed by atoms with Gasteiger partial charge in [-0.05, 0) is 31.0 Å². The molecule has 1 atom stereocenters. The summed E-state index contributed by atoms with van der Waals surface area (Å²) in [6.45, 7) is 3.88. The van der Waals surface area contributed by atoms with Crippen molar-refractivity contribution in [2.75, 3.05) is 7.11 Å². The Labute approximate surface area is 118 Å². The fraction of sp³-hybridized carbons (Fsp3) is 0.467. The molecular formula is C15H21NO4. The smallest absolute Gasteiger partial charge is 0.329 e. The lowest BCUT2D eigenvalue weighted by Gasteiger charge is -2.25. The summed E-state index contributed by atoms with van der Waals surface area (Å²) in [5, 5.41) is 11.8. The normalized spacial score (nSPS) is 13.6. The highest BCUT2D eigenvalue weighted by atomic mass is 16.5. The molecule has 0 aliphatic heterocycles. The van der Waals surface area contributed by atoms with Crippen LogP contribution in [0.15, 0.2) is 24.3 Å². The zero-order valence-electron chi connectivity index (χ0n) is 12.1. The molecule has 0 heterocycles. The molecule has 0 aromatic heterocycles. The summed E-state index contributed by atoms with van der Waals surface area (Å²) in [7, 11) is 1.60. The Morgan fingerprint density at radius 3 is 2.35 bits per heavy atom. The molecule has 1 rings (SSSR count). The lowest BCUT2D eigenvalue weighted by Crippen LogP contribution is -2.52. The van der Waals surface area contributed by atoms with Crippen LogP contribution in [0.2, 0.25) is 0 Å². The average molecular weight is 279 g/mol. The summed E-state index contributed by atoms with van der Waals surface area (Å²) in [5.74, 6) is -1.41. The van der Waals surface area contributed by atoms with Crippen molar-refractivity contribution in [3.63, 3.8) is 0 Å². The van der Waals surface area contributed by atoms with Crippen molar-refractivity contribution in [3.05, 3.63) is 35.4 Å². The third-order valence-electron chi connectivity index (χ3n) is 3.14. The van der Waals surface area contributed by atoms with Crippen LogP contribution in [-0.2, 0) is 16.1 Å². The number of carboxylic acids is 1. The summed E-state index contributed by atoms with van der Waals surface area (Å²) in [5.41, 5.74) is 0.156. The van der Waals surface area contributed by atoms with Crippen LogP contribution in [0.1, 0.15) is 42.6 Å². The Balaban J connectivity index is 2.81. The first-order valence-electron chi connectivity index (χ1n) is 6.56. The number of carboxylic acid groups (broad SMARTS) is 1. The van der Waals surface area contributed by atoms with Gasteiger partial charge in [-0.2, -0.15) is 0 Å². The molecular weight excluding hydrogens is 258 g/mol. The molecule has 0 radical (unpaired) electrons. The van der Waals surface area contributed by atoms with Crippen LogP contribution < -0.4 is 5.32 Å². The SMILES string of the molecule is CCC[C@@](C)(NC(=O)c1ccc(COC)cc1)C(=O)O. The molecule has 0 aliphatic carbocycles. The summed E-state index contributed by atoms with van der Waals surface area (Å²) in [6.07, 6.45) is 1.06. The van der Waals surface area contributed by atoms with E-state index in [9.17, 15) is 14.7 Å². The van der Waals surface area contributed by atoms with Gasteiger partial charge < -0.3 is 15.2 Å². The highest BCUT2D eigenvalue weighted by Gasteiger charge is 2.33. The topological polar surface area (TPSA) is 75.6 Å². The summed E-state index contributed by atoms with van der Waals surface area (Å²) >= 11 is 0. The predicted molar refractivity (Wildman–Crippen MR) is 75.6 cm³/mol. The molecule has 0 spiro atoms. The van der Waals surface area contributed by atoms with Gasteiger partial charge >= 0.3 is 5.97 Å². The number of carbonyl (C=O) groups is 2. The lowest BCUT2D eigenvalue weighted by atomic mass is 9.95. The molecule has 1 amide bonds. The second-order valence-electron chi connectivity index (χ2n) is 4.97. The molecule has 20 heavy (non-hydrogen) atoms. The second-order valence-corrected chi connectivity index (χ2v) is 4.97. The molecule has 5 nitrogen and oxygen atoms in total. The van der Waals surface area contributed by atoms with E-state index in [4.69, 9.17) is 4.74 Å². The number of aliphatic carboxylic acids is 1. The molecule has 2 N–H and O–H groups in total. The van der Waals surface area contributed by atoms with Crippen molar-refractivity contribution in [2.24, 2.45) is 0 Å². The fourth-order valence-corrected chi connectivity index (χ4v) is 1.96. The van der Waals surface area contributed by atoms with E-state index in [-0.39, 0.29) is 5.91 Å². The van der Waals surface area contributed by atoms with Gasteiger partial charge in [-0.15, -0.1) is 0 Å². The van der Waals surface area contributed by atoms with E-state index in [0.717, 1.165) is 5.56 Å². The predicted octanol–water partition coefficient (Wildman–Crippen LogP) is 2.21. The fourth-order valence-electron chi connectivity index (χ4n) is 1.96. The van der Waals surface area contributed by atoms with E-state index in [0.29, 0.717) is 25.0 Å².